The lowest BCUT2D eigenvalue weighted by Gasteiger charge is -2.32. The Balaban J connectivity index is 1.49. The highest BCUT2D eigenvalue weighted by Gasteiger charge is 2.37. The minimum absolute atomic E-state index is 0.680. The molecule has 0 amide bonds. The van der Waals surface area contributed by atoms with Gasteiger partial charge in [0.2, 0.25) is 0 Å². The molecule has 114 valence electrons. The van der Waals surface area contributed by atoms with E-state index in [9.17, 15) is 0 Å². The molecule has 2 unspecified atom stereocenters. The maximum Gasteiger partial charge on any atom is 0.147 e. The van der Waals surface area contributed by atoms with Gasteiger partial charge in [-0.05, 0) is 49.7 Å². The molecule has 2 heterocycles. The van der Waals surface area contributed by atoms with E-state index in [1.165, 1.54) is 50.5 Å². The van der Waals surface area contributed by atoms with Crippen LogP contribution in [0.3, 0.4) is 0 Å². The van der Waals surface area contributed by atoms with Crippen molar-refractivity contribution in [2.75, 3.05) is 11.4 Å². The van der Waals surface area contributed by atoms with E-state index < -0.39 is 0 Å². The van der Waals surface area contributed by atoms with Gasteiger partial charge >= 0.3 is 0 Å². The fraction of sp³-hybridized carbons (Fsp3) is 0.706. The third-order valence-electron chi connectivity index (χ3n) is 5.33. The molecule has 2 atom stereocenters. The molecule has 1 aromatic heterocycles. The molecule has 0 bridgehead atoms. The van der Waals surface area contributed by atoms with Crippen LogP contribution in [-0.2, 0) is 6.54 Å². The zero-order chi connectivity index (χ0) is 14.2. The lowest BCUT2D eigenvalue weighted by Crippen LogP contribution is -2.35. The summed E-state index contributed by atoms with van der Waals surface area (Å²) >= 11 is 6.54. The maximum atomic E-state index is 6.54. The van der Waals surface area contributed by atoms with E-state index in [0.29, 0.717) is 6.04 Å². The second-order valence-corrected chi connectivity index (χ2v) is 7.31. The molecule has 2 saturated carbocycles. The van der Waals surface area contributed by atoms with Crippen LogP contribution < -0.4 is 10.2 Å². The Hall–Kier alpha value is -0.800. The number of aromatic nitrogens is 1. The fourth-order valence-corrected chi connectivity index (χ4v) is 4.29. The van der Waals surface area contributed by atoms with Gasteiger partial charge in [-0.2, -0.15) is 0 Å². The molecule has 21 heavy (non-hydrogen) atoms. The number of nitrogens with one attached hydrogen (secondary N) is 1. The van der Waals surface area contributed by atoms with Crippen molar-refractivity contribution in [2.45, 2.75) is 63.6 Å². The minimum atomic E-state index is 0.680. The van der Waals surface area contributed by atoms with Crippen LogP contribution in [0.1, 0.15) is 50.5 Å². The molecule has 4 rings (SSSR count). The number of halogens is 1. The maximum absolute atomic E-state index is 6.54. The van der Waals surface area contributed by atoms with Gasteiger partial charge in [-0.3, -0.25) is 0 Å². The molecular weight excluding hydrogens is 282 g/mol. The Morgan fingerprint density at radius 2 is 2.05 bits per heavy atom. The Morgan fingerprint density at radius 1 is 1.19 bits per heavy atom. The fourth-order valence-electron chi connectivity index (χ4n) is 4.00. The Labute approximate surface area is 132 Å². The molecule has 3 fully saturated rings. The third-order valence-corrected chi connectivity index (χ3v) is 5.61. The van der Waals surface area contributed by atoms with Crippen molar-refractivity contribution >= 4 is 17.4 Å². The van der Waals surface area contributed by atoms with Gasteiger partial charge in [0.15, 0.2) is 0 Å². The first-order valence-corrected chi connectivity index (χ1v) is 8.83. The summed E-state index contributed by atoms with van der Waals surface area (Å²) in [5, 5.41) is 4.35. The Bertz CT molecular complexity index is 515. The zero-order valence-electron chi connectivity index (χ0n) is 12.5. The molecule has 1 N–H and O–H groups in total. The largest absolute Gasteiger partial charge is 0.352 e. The van der Waals surface area contributed by atoms with Gasteiger partial charge in [0.25, 0.3) is 0 Å². The summed E-state index contributed by atoms with van der Waals surface area (Å²) in [7, 11) is 0. The second-order valence-electron chi connectivity index (χ2n) is 6.90. The highest BCUT2D eigenvalue weighted by atomic mass is 35.5. The number of pyridine rings is 1. The third kappa shape index (κ3) is 2.91. The average molecular weight is 306 g/mol. The van der Waals surface area contributed by atoms with Gasteiger partial charge in [-0.25, -0.2) is 4.98 Å². The summed E-state index contributed by atoms with van der Waals surface area (Å²) in [6.45, 7) is 2.02. The highest BCUT2D eigenvalue weighted by molar-refractivity contribution is 6.33. The van der Waals surface area contributed by atoms with E-state index in [1.807, 2.05) is 6.20 Å². The van der Waals surface area contributed by atoms with Gasteiger partial charge < -0.3 is 10.2 Å². The second kappa shape index (κ2) is 5.77. The van der Waals surface area contributed by atoms with Crippen LogP contribution in [0.25, 0.3) is 0 Å². The number of rotatable bonds is 4. The quantitative estimate of drug-likeness (QED) is 0.918. The predicted octanol–water partition coefficient (Wildman–Crippen LogP) is 3.76. The molecule has 3 nitrogen and oxygen atoms in total. The topological polar surface area (TPSA) is 28.2 Å². The first kappa shape index (κ1) is 13.8. The van der Waals surface area contributed by atoms with Gasteiger partial charge in [-0.15, -0.1) is 0 Å². The monoisotopic (exact) mass is 305 g/mol. The van der Waals surface area contributed by atoms with E-state index in [0.717, 1.165) is 35.9 Å². The summed E-state index contributed by atoms with van der Waals surface area (Å²) < 4.78 is 0. The summed E-state index contributed by atoms with van der Waals surface area (Å²) in [4.78, 5) is 7.18. The number of anilines is 1. The van der Waals surface area contributed by atoms with Crippen molar-refractivity contribution in [2.24, 2.45) is 5.92 Å². The van der Waals surface area contributed by atoms with E-state index >= 15 is 0 Å². The van der Waals surface area contributed by atoms with Gasteiger partial charge in [0.1, 0.15) is 5.82 Å². The van der Waals surface area contributed by atoms with E-state index in [4.69, 9.17) is 16.6 Å². The summed E-state index contributed by atoms with van der Waals surface area (Å²) in [6.07, 6.45) is 11.4. The Morgan fingerprint density at radius 3 is 2.86 bits per heavy atom. The number of nitrogens with zero attached hydrogens (tertiary/aromatic N) is 2. The van der Waals surface area contributed by atoms with Crippen LogP contribution in [0, 0.1) is 5.92 Å². The standard InChI is InChI=1S/C17H24ClN3/c18-15-9-12(10-19-14-5-6-14)11-20-17(15)21-8-7-13-3-1-2-4-16(13)21/h9,11,13-14,16,19H,1-8,10H2. The number of fused-ring (bicyclic) bond motifs is 1. The molecule has 0 radical (unpaired) electrons. The van der Waals surface area contributed by atoms with Gasteiger partial charge in [-0.1, -0.05) is 24.4 Å². The summed E-state index contributed by atoms with van der Waals surface area (Å²) in [5.74, 6) is 1.88. The van der Waals surface area contributed by atoms with Crippen LogP contribution in [0.15, 0.2) is 12.3 Å². The Kier molecular flexibility index (Phi) is 3.80. The smallest absolute Gasteiger partial charge is 0.147 e. The molecule has 0 spiro atoms. The molecule has 3 aliphatic rings. The van der Waals surface area contributed by atoms with Crippen molar-refractivity contribution in [1.29, 1.82) is 0 Å². The van der Waals surface area contributed by atoms with E-state index in [-0.39, 0.29) is 0 Å². The van der Waals surface area contributed by atoms with Crippen molar-refractivity contribution in [3.63, 3.8) is 0 Å². The normalized spacial score (nSPS) is 28.7. The molecule has 2 aliphatic carbocycles. The predicted molar refractivity (Wildman–Crippen MR) is 86.8 cm³/mol. The molecule has 1 aliphatic heterocycles. The van der Waals surface area contributed by atoms with Crippen molar-refractivity contribution in [1.82, 2.24) is 10.3 Å². The van der Waals surface area contributed by atoms with Crippen LogP contribution in [0.2, 0.25) is 5.02 Å². The number of hydrogen-bond donors (Lipinski definition) is 1. The molecular formula is C17H24ClN3. The van der Waals surface area contributed by atoms with Crippen LogP contribution in [0.4, 0.5) is 5.82 Å². The first-order chi connectivity index (χ1) is 10.3. The van der Waals surface area contributed by atoms with Crippen LogP contribution in [-0.4, -0.2) is 23.6 Å². The summed E-state index contributed by atoms with van der Waals surface area (Å²) in [6, 6.07) is 3.51. The highest BCUT2D eigenvalue weighted by Crippen LogP contribution is 2.40. The summed E-state index contributed by atoms with van der Waals surface area (Å²) in [5.41, 5.74) is 1.20. The SMILES string of the molecule is Clc1cc(CNC2CC2)cnc1N1CCC2CCCCC21. The van der Waals surface area contributed by atoms with E-state index in [2.05, 4.69) is 16.3 Å². The zero-order valence-corrected chi connectivity index (χ0v) is 13.3. The van der Waals surface area contributed by atoms with E-state index in [1.54, 1.807) is 0 Å². The van der Waals surface area contributed by atoms with Crippen molar-refractivity contribution < 1.29 is 0 Å². The minimum Gasteiger partial charge on any atom is -0.352 e. The average Bonchev–Trinajstić information content (AvgIpc) is 3.24. The first-order valence-electron chi connectivity index (χ1n) is 8.46. The molecule has 4 heteroatoms. The van der Waals surface area contributed by atoms with Gasteiger partial charge in [0, 0.05) is 31.4 Å². The molecule has 1 saturated heterocycles. The lowest BCUT2D eigenvalue weighted by molar-refractivity contribution is 0.341. The lowest BCUT2D eigenvalue weighted by atomic mass is 9.85. The van der Waals surface area contributed by atoms with Crippen LogP contribution >= 0.6 is 11.6 Å². The van der Waals surface area contributed by atoms with Crippen molar-refractivity contribution in [3.8, 4) is 0 Å². The van der Waals surface area contributed by atoms with Crippen LogP contribution in [0.5, 0.6) is 0 Å². The molecule has 1 aromatic rings. The number of hydrogen-bond acceptors (Lipinski definition) is 3. The van der Waals surface area contributed by atoms with Gasteiger partial charge in [0.05, 0.1) is 5.02 Å². The van der Waals surface area contributed by atoms with Crippen molar-refractivity contribution in [3.05, 3.63) is 22.8 Å². The molecule has 0 aromatic carbocycles.